The Morgan fingerprint density at radius 1 is 1.04 bits per heavy atom. The predicted molar refractivity (Wildman–Crippen MR) is 102 cm³/mol. The van der Waals surface area contributed by atoms with Crippen LogP contribution in [0.3, 0.4) is 0 Å². The van der Waals surface area contributed by atoms with E-state index in [4.69, 9.17) is 0 Å². The highest BCUT2D eigenvalue weighted by molar-refractivity contribution is 5.80. The number of pyridine rings is 1. The van der Waals surface area contributed by atoms with Crippen LogP contribution in [0, 0.1) is 0 Å². The molecule has 0 fully saturated rings. The first-order valence-electron chi connectivity index (χ1n) is 8.99. The van der Waals surface area contributed by atoms with Gasteiger partial charge in [-0.25, -0.2) is 0 Å². The van der Waals surface area contributed by atoms with Gasteiger partial charge in [0.25, 0.3) is 0 Å². The number of aromatic nitrogens is 1. The summed E-state index contributed by atoms with van der Waals surface area (Å²) in [5.41, 5.74) is 7.15. The van der Waals surface area contributed by atoms with Gasteiger partial charge >= 0.3 is 0 Å². The summed E-state index contributed by atoms with van der Waals surface area (Å²) in [7, 11) is 2.22. The molecule has 0 aliphatic heterocycles. The smallest absolute Gasteiger partial charge is 0.0475 e. The highest BCUT2D eigenvalue weighted by Gasteiger charge is 2.26. The van der Waals surface area contributed by atoms with E-state index < -0.39 is 0 Å². The molecule has 1 aliphatic rings. The molecule has 3 rings (SSSR count). The lowest BCUT2D eigenvalue weighted by molar-refractivity contribution is 0.277. The molecule has 126 valence electrons. The SMILES string of the molecule is CC(C1=C(CCN(C)C(C)C)Cc2ccccc21)c1ccccn1. The van der Waals surface area contributed by atoms with Crippen molar-refractivity contribution in [2.45, 2.75) is 45.6 Å². The van der Waals surface area contributed by atoms with Gasteiger partial charge in [-0.15, -0.1) is 0 Å². The van der Waals surface area contributed by atoms with Crippen LogP contribution in [-0.4, -0.2) is 29.5 Å². The lowest BCUT2D eigenvalue weighted by Crippen LogP contribution is -2.27. The van der Waals surface area contributed by atoms with Gasteiger partial charge in [0.2, 0.25) is 0 Å². The molecule has 1 aromatic carbocycles. The van der Waals surface area contributed by atoms with Crippen LogP contribution < -0.4 is 0 Å². The Kier molecular flexibility index (Phi) is 5.15. The number of hydrogen-bond acceptors (Lipinski definition) is 2. The maximum atomic E-state index is 4.61. The molecule has 0 N–H and O–H groups in total. The van der Waals surface area contributed by atoms with Gasteiger partial charge in [0.15, 0.2) is 0 Å². The fraction of sp³-hybridized carbons (Fsp3) is 0.409. The Labute approximate surface area is 146 Å². The van der Waals surface area contributed by atoms with Crippen molar-refractivity contribution >= 4 is 5.57 Å². The summed E-state index contributed by atoms with van der Waals surface area (Å²) in [5, 5.41) is 0. The Bertz CT molecular complexity index is 716. The number of allylic oxidation sites excluding steroid dienone is 1. The average Bonchev–Trinajstić information content (AvgIpc) is 2.98. The first-order valence-corrected chi connectivity index (χ1v) is 8.99. The normalized spacial score (nSPS) is 15.2. The van der Waals surface area contributed by atoms with Crippen LogP contribution in [0.2, 0.25) is 0 Å². The minimum atomic E-state index is 0.342. The van der Waals surface area contributed by atoms with E-state index in [1.165, 1.54) is 22.4 Å². The van der Waals surface area contributed by atoms with E-state index in [1.807, 2.05) is 12.3 Å². The topological polar surface area (TPSA) is 16.1 Å². The molecular formula is C22H28N2. The molecule has 0 radical (unpaired) electrons. The van der Waals surface area contributed by atoms with Crippen molar-refractivity contribution in [2.24, 2.45) is 0 Å². The summed E-state index contributed by atoms with van der Waals surface area (Å²) in [4.78, 5) is 7.04. The highest BCUT2D eigenvalue weighted by atomic mass is 15.1. The van der Waals surface area contributed by atoms with Crippen LogP contribution in [0.4, 0.5) is 0 Å². The van der Waals surface area contributed by atoms with E-state index in [9.17, 15) is 0 Å². The third-order valence-electron chi connectivity index (χ3n) is 5.30. The van der Waals surface area contributed by atoms with Gasteiger partial charge in [-0.05, 0) is 62.6 Å². The molecule has 1 aromatic heterocycles. The molecule has 2 aromatic rings. The Balaban J connectivity index is 1.92. The van der Waals surface area contributed by atoms with Crippen molar-refractivity contribution in [1.29, 1.82) is 0 Å². The van der Waals surface area contributed by atoms with E-state index in [0.717, 1.165) is 19.4 Å². The number of benzene rings is 1. The molecule has 24 heavy (non-hydrogen) atoms. The second kappa shape index (κ2) is 7.31. The standard InChI is InChI=1S/C22H28N2/c1-16(2)24(4)14-12-19-15-18-9-5-6-10-20(18)22(19)17(3)21-11-7-8-13-23-21/h5-11,13,16-17H,12,14-15H2,1-4H3. The van der Waals surface area contributed by atoms with Gasteiger partial charge in [0, 0.05) is 30.4 Å². The van der Waals surface area contributed by atoms with Gasteiger partial charge < -0.3 is 4.90 Å². The summed E-state index contributed by atoms with van der Waals surface area (Å²) in [5.74, 6) is 0.342. The molecule has 1 unspecified atom stereocenters. The fourth-order valence-corrected chi connectivity index (χ4v) is 3.56. The van der Waals surface area contributed by atoms with Gasteiger partial charge in [0.05, 0.1) is 0 Å². The van der Waals surface area contributed by atoms with Gasteiger partial charge in [-0.3, -0.25) is 4.98 Å². The van der Waals surface area contributed by atoms with E-state index >= 15 is 0 Å². The Hall–Kier alpha value is -1.93. The number of nitrogens with zero attached hydrogens (tertiary/aromatic N) is 2. The number of fused-ring (bicyclic) bond motifs is 1. The molecule has 0 amide bonds. The summed E-state index contributed by atoms with van der Waals surface area (Å²) in [6.07, 6.45) is 4.13. The van der Waals surface area contributed by atoms with Crippen molar-refractivity contribution in [2.75, 3.05) is 13.6 Å². The van der Waals surface area contributed by atoms with E-state index in [1.54, 1.807) is 5.57 Å². The second-order valence-electron chi connectivity index (χ2n) is 7.15. The Morgan fingerprint density at radius 3 is 2.50 bits per heavy atom. The zero-order chi connectivity index (χ0) is 17.1. The second-order valence-corrected chi connectivity index (χ2v) is 7.15. The molecule has 0 spiro atoms. The van der Waals surface area contributed by atoms with Crippen LogP contribution in [-0.2, 0) is 6.42 Å². The largest absolute Gasteiger partial charge is 0.304 e. The van der Waals surface area contributed by atoms with Crippen LogP contribution in [0.25, 0.3) is 5.57 Å². The summed E-state index contributed by atoms with van der Waals surface area (Å²) >= 11 is 0. The Morgan fingerprint density at radius 2 is 1.79 bits per heavy atom. The third kappa shape index (κ3) is 3.44. The van der Waals surface area contributed by atoms with Crippen LogP contribution >= 0.6 is 0 Å². The molecule has 1 aliphatic carbocycles. The first kappa shape index (κ1) is 16.9. The van der Waals surface area contributed by atoms with E-state index in [-0.39, 0.29) is 0 Å². The zero-order valence-corrected chi connectivity index (χ0v) is 15.3. The molecule has 2 nitrogen and oxygen atoms in total. The molecular weight excluding hydrogens is 292 g/mol. The molecule has 0 saturated heterocycles. The minimum absolute atomic E-state index is 0.342. The molecule has 0 saturated carbocycles. The predicted octanol–water partition coefficient (Wildman–Crippen LogP) is 4.93. The fourth-order valence-electron chi connectivity index (χ4n) is 3.56. The van der Waals surface area contributed by atoms with Crippen LogP contribution in [0.5, 0.6) is 0 Å². The van der Waals surface area contributed by atoms with Crippen molar-refractivity contribution in [3.63, 3.8) is 0 Å². The van der Waals surface area contributed by atoms with Crippen molar-refractivity contribution in [3.05, 3.63) is 71.1 Å². The van der Waals surface area contributed by atoms with E-state index in [2.05, 4.69) is 74.1 Å². The van der Waals surface area contributed by atoms with Crippen molar-refractivity contribution in [1.82, 2.24) is 9.88 Å². The lowest BCUT2D eigenvalue weighted by atomic mass is 9.89. The molecule has 1 heterocycles. The van der Waals surface area contributed by atoms with Gasteiger partial charge in [-0.1, -0.05) is 42.8 Å². The number of hydrogen-bond donors (Lipinski definition) is 0. The number of rotatable bonds is 6. The quantitative estimate of drug-likeness (QED) is 0.750. The van der Waals surface area contributed by atoms with Crippen LogP contribution in [0.15, 0.2) is 54.2 Å². The van der Waals surface area contributed by atoms with Gasteiger partial charge in [0.1, 0.15) is 0 Å². The van der Waals surface area contributed by atoms with Crippen molar-refractivity contribution in [3.8, 4) is 0 Å². The third-order valence-corrected chi connectivity index (χ3v) is 5.30. The molecule has 1 atom stereocenters. The summed E-state index contributed by atoms with van der Waals surface area (Å²) in [6, 6.07) is 15.7. The monoisotopic (exact) mass is 320 g/mol. The summed E-state index contributed by atoms with van der Waals surface area (Å²) < 4.78 is 0. The van der Waals surface area contributed by atoms with Crippen LogP contribution in [0.1, 0.15) is 49.9 Å². The minimum Gasteiger partial charge on any atom is -0.304 e. The van der Waals surface area contributed by atoms with E-state index in [0.29, 0.717) is 12.0 Å². The summed E-state index contributed by atoms with van der Waals surface area (Å²) in [6.45, 7) is 7.93. The van der Waals surface area contributed by atoms with Gasteiger partial charge in [-0.2, -0.15) is 0 Å². The molecule has 0 bridgehead atoms. The maximum Gasteiger partial charge on any atom is 0.0475 e. The highest BCUT2D eigenvalue weighted by Crippen LogP contribution is 2.42. The first-order chi connectivity index (χ1) is 11.6. The van der Waals surface area contributed by atoms with Crippen molar-refractivity contribution < 1.29 is 0 Å². The molecule has 2 heteroatoms. The maximum absolute atomic E-state index is 4.61. The zero-order valence-electron chi connectivity index (χ0n) is 15.3. The lowest BCUT2D eigenvalue weighted by Gasteiger charge is -2.22. The average molecular weight is 320 g/mol.